The second kappa shape index (κ2) is 58.5. The summed E-state index contributed by atoms with van der Waals surface area (Å²) < 4.78 is 16.9. The van der Waals surface area contributed by atoms with Crippen molar-refractivity contribution in [3.05, 3.63) is 24.3 Å². The number of hydrogen-bond acceptors (Lipinski definition) is 6. The predicted octanol–water partition coefficient (Wildman–Crippen LogP) is 20.7. The maximum Gasteiger partial charge on any atom is 0.306 e. The van der Waals surface area contributed by atoms with E-state index in [0.717, 1.165) is 64.2 Å². The molecule has 0 aromatic rings. The maximum absolute atomic E-state index is 12.9. The Hall–Kier alpha value is -2.11. The van der Waals surface area contributed by atoms with Crippen molar-refractivity contribution in [2.45, 2.75) is 348 Å². The summed E-state index contributed by atoms with van der Waals surface area (Å²) >= 11 is 0. The van der Waals surface area contributed by atoms with Gasteiger partial charge in [0.2, 0.25) is 0 Å². The summed E-state index contributed by atoms with van der Waals surface area (Å²) in [5, 5.41) is 0. The largest absolute Gasteiger partial charge is 0.462 e. The number of allylic oxidation sites excluding steroid dienone is 4. The standard InChI is InChI=1S/C63H118O6/c1-4-7-10-13-16-19-22-25-28-31-32-33-36-38-41-44-47-50-53-56-62(65)68-59-60(69-63(66)57-54-51-48-45-42-39-35-30-27-24-21-18-15-12-9-6-3)58-67-61(64)55-52-49-46-43-40-37-34-29-26-23-20-17-14-11-8-5-2/h16,19,25,28,60H,4-15,17-18,20-24,26-27,29-59H2,1-3H3/b19-16+,28-25+/t60-/m1/s1. The van der Waals surface area contributed by atoms with Gasteiger partial charge in [0.15, 0.2) is 6.10 Å². The third-order valence-corrected chi connectivity index (χ3v) is 14.0. The molecule has 0 spiro atoms. The van der Waals surface area contributed by atoms with Crippen LogP contribution in [0.5, 0.6) is 0 Å². The van der Waals surface area contributed by atoms with Gasteiger partial charge in [0.1, 0.15) is 13.2 Å². The molecule has 0 saturated carbocycles. The van der Waals surface area contributed by atoms with Crippen LogP contribution in [0, 0.1) is 0 Å². The molecule has 6 heteroatoms. The van der Waals surface area contributed by atoms with Gasteiger partial charge in [-0.3, -0.25) is 14.4 Å². The second-order valence-electron chi connectivity index (χ2n) is 21.0. The smallest absolute Gasteiger partial charge is 0.306 e. The van der Waals surface area contributed by atoms with Crippen LogP contribution in [-0.4, -0.2) is 37.2 Å². The minimum atomic E-state index is -0.768. The Morgan fingerprint density at radius 3 is 0.826 bits per heavy atom. The minimum absolute atomic E-state index is 0.0662. The van der Waals surface area contributed by atoms with E-state index in [1.54, 1.807) is 0 Å². The molecule has 0 amide bonds. The number of carbonyl (C=O) groups excluding carboxylic acids is 3. The third kappa shape index (κ3) is 56.7. The van der Waals surface area contributed by atoms with Crippen molar-refractivity contribution in [1.82, 2.24) is 0 Å². The fraction of sp³-hybridized carbons (Fsp3) is 0.889. The van der Waals surface area contributed by atoms with Gasteiger partial charge in [0.05, 0.1) is 0 Å². The number of rotatable bonds is 57. The fourth-order valence-corrected chi connectivity index (χ4v) is 9.30. The van der Waals surface area contributed by atoms with Gasteiger partial charge in [-0.05, 0) is 51.4 Å². The normalized spacial score (nSPS) is 12.1. The molecule has 0 N–H and O–H groups in total. The molecule has 69 heavy (non-hydrogen) atoms. The van der Waals surface area contributed by atoms with E-state index in [-0.39, 0.29) is 31.1 Å². The molecule has 0 aromatic heterocycles. The molecular weight excluding hydrogens is 853 g/mol. The van der Waals surface area contributed by atoms with Crippen molar-refractivity contribution in [1.29, 1.82) is 0 Å². The van der Waals surface area contributed by atoms with Crippen molar-refractivity contribution in [2.24, 2.45) is 0 Å². The lowest BCUT2D eigenvalue weighted by Gasteiger charge is -2.18. The molecule has 0 aliphatic heterocycles. The van der Waals surface area contributed by atoms with Crippen molar-refractivity contribution in [2.75, 3.05) is 13.2 Å². The van der Waals surface area contributed by atoms with Crippen LogP contribution in [0.15, 0.2) is 24.3 Å². The molecule has 0 fully saturated rings. The molecule has 406 valence electrons. The highest BCUT2D eigenvalue weighted by Crippen LogP contribution is 2.17. The third-order valence-electron chi connectivity index (χ3n) is 14.0. The lowest BCUT2D eigenvalue weighted by molar-refractivity contribution is -0.167. The number of esters is 3. The van der Waals surface area contributed by atoms with Crippen LogP contribution in [0.1, 0.15) is 342 Å². The lowest BCUT2D eigenvalue weighted by atomic mass is 10.0. The highest BCUT2D eigenvalue weighted by Gasteiger charge is 2.19. The maximum atomic E-state index is 12.9. The molecule has 0 bridgehead atoms. The Balaban J connectivity index is 4.31. The molecule has 0 unspecified atom stereocenters. The first-order valence-electron chi connectivity index (χ1n) is 30.8. The van der Waals surface area contributed by atoms with Crippen molar-refractivity contribution < 1.29 is 28.6 Å². The summed E-state index contributed by atoms with van der Waals surface area (Å²) in [6.07, 6.45) is 68.8. The Morgan fingerprint density at radius 2 is 0.522 bits per heavy atom. The topological polar surface area (TPSA) is 78.9 Å². The molecule has 0 aliphatic carbocycles. The number of carbonyl (C=O) groups is 3. The van der Waals surface area contributed by atoms with Gasteiger partial charge < -0.3 is 14.2 Å². The highest BCUT2D eigenvalue weighted by molar-refractivity contribution is 5.71. The van der Waals surface area contributed by atoms with Gasteiger partial charge in [0, 0.05) is 19.3 Å². The monoisotopic (exact) mass is 971 g/mol. The number of ether oxygens (including phenoxy) is 3. The Bertz CT molecular complexity index is 1110. The Labute approximate surface area is 430 Å². The molecule has 0 heterocycles. The second-order valence-corrected chi connectivity index (χ2v) is 21.0. The highest BCUT2D eigenvalue weighted by atomic mass is 16.6. The van der Waals surface area contributed by atoms with E-state index >= 15 is 0 Å². The zero-order valence-corrected chi connectivity index (χ0v) is 46.6. The van der Waals surface area contributed by atoms with Gasteiger partial charge in [-0.25, -0.2) is 0 Å². The summed E-state index contributed by atoms with van der Waals surface area (Å²) in [4.78, 5) is 38.3. The minimum Gasteiger partial charge on any atom is -0.462 e. The Morgan fingerprint density at radius 1 is 0.290 bits per heavy atom. The molecule has 0 rings (SSSR count). The zero-order chi connectivity index (χ0) is 50.0. The molecule has 1 atom stereocenters. The fourth-order valence-electron chi connectivity index (χ4n) is 9.30. The Kier molecular flexibility index (Phi) is 56.7. The van der Waals surface area contributed by atoms with Gasteiger partial charge in [-0.15, -0.1) is 0 Å². The molecule has 6 nitrogen and oxygen atoms in total. The predicted molar refractivity (Wildman–Crippen MR) is 298 cm³/mol. The van der Waals surface area contributed by atoms with E-state index in [2.05, 4.69) is 45.1 Å². The van der Waals surface area contributed by atoms with Crippen molar-refractivity contribution >= 4 is 17.9 Å². The van der Waals surface area contributed by atoms with E-state index in [1.165, 1.54) is 238 Å². The quantitative estimate of drug-likeness (QED) is 0.0261. The summed E-state index contributed by atoms with van der Waals surface area (Å²) in [5.41, 5.74) is 0. The van der Waals surface area contributed by atoms with E-state index in [1.807, 2.05) is 0 Å². The van der Waals surface area contributed by atoms with Crippen LogP contribution in [-0.2, 0) is 28.6 Å². The summed E-state index contributed by atoms with van der Waals surface area (Å²) in [5.74, 6) is -0.844. The summed E-state index contributed by atoms with van der Waals surface area (Å²) in [6, 6.07) is 0. The van der Waals surface area contributed by atoms with Gasteiger partial charge in [-0.2, -0.15) is 0 Å². The first-order valence-corrected chi connectivity index (χ1v) is 30.8. The average Bonchev–Trinajstić information content (AvgIpc) is 3.35. The van der Waals surface area contributed by atoms with Crippen LogP contribution < -0.4 is 0 Å². The van der Waals surface area contributed by atoms with E-state index in [9.17, 15) is 14.4 Å². The number of hydrogen-bond donors (Lipinski definition) is 0. The average molecular weight is 972 g/mol. The molecular formula is C63H118O6. The van der Waals surface area contributed by atoms with Crippen LogP contribution in [0.2, 0.25) is 0 Å². The SMILES string of the molecule is CCCCC/C=C/C/C=C/CCCCCCCCCCCC(=O)OC[C@@H](COC(=O)CCCCCCCCCCCCCCCCCC)OC(=O)CCCCCCCCCCCCCCCCCC. The summed E-state index contributed by atoms with van der Waals surface area (Å²) in [6.45, 7) is 6.68. The molecule has 0 saturated heterocycles. The first-order chi connectivity index (χ1) is 34.0. The number of unbranched alkanes of at least 4 members (excludes halogenated alkanes) is 42. The van der Waals surface area contributed by atoms with Gasteiger partial charge in [-0.1, -0.05) is 295 Å². The first kappa shape index (κ1) is 66.9. The van der Waals surface area contributed by atoms with Gasteiger partial charge in [0.25, 0.3) is 0 Å². The van der Waals surface area contributed by atoms with Crippen LogP contribution in [0.4, 0.5) is 0 Å². The van der Waals surface area contributed by atoms with E-state index < -0.39 is 6.10 Å². The van der Waals surface area contributed by atoms with E-state index in [4.69, 9.17) is 14.2 Å². The zero-order valence-electron chi connectivity index (χ0n) is 46.6. The lowest BCUT2D eigenvalue weighted by Crippen LogP contribution is -2.30. The summed E-state index contributed by atoms with van der Waals surface area (Å²) in [7, 11) is 0. The van der Waals surface area contributed by atoms with E-state index in [0.29, 0.717) is 19.3 Å². The van der Waals surface area contributed by atoms with Crippen LogP contribution in [0.25, 0.3) is 0 Å². The molecule has 0 radical (unpaired) electrons. The van der Waals surface area contributed by atoms with Crippen molar-refractivity contribution in [3.63, 3.8) is 0 Å². The van der Waals surface area contributed by atoms with Gasteiger partial charge >= 0.3 is 17.9 Å². The van der Waals surface area contributed by atoms with Crippen LogP contribution >= 0.6 is 0 Å². The van der Waals surface area contributed by atoms with Crippen molar-refractivity contribution in [3.8, 4) is 0 Å². The molecule has 0 aliphatic rings. The van der Waals surface area contributed by atoms with Crippen LogP contribution in [0.3, 0.4) is 0 Å². The molecule has 0 aromatic carbocycles.